The number of guanidine groups is 1. The van der Waals surface area contributed by atoms with Crippen LogP contribution in [0.5, 0.6) is 0 Å². The molecular formula is C15H28N4O3. The molecule has 0 saturated carbocycles. The molecule has 0 unspecified atom stereocenters. The Morgan fingerprint density at radius 3 is 2.59 bits per heavy atom. The van der Waals surface area contributed by atoms with E-state index >= 15 is 0 Å². The second kappa shape index (κ2) is 11.0. The minimum atomic E-state index is 0.637. The summed E-state index contributed by atoms with van der Waals surface area (Å²) in [4.78, 5) is 4.19. The van der Waals surface area contributed by atoms with Gasteiger partial charge in [-0.05, 0) is 26.7 Å². The van der Waals surface area contributed by atoms with Crippen molar-refractivity contribution in [3.8, 4) is 0 Å². The zero-order valence-electron chi connectivity index (χ0n) is 14.1. The van der Waals surface area contributed by atoms with Crippen molar-refractivity contribution in [2.45, 2.75) is 26.7 Å². The molecule has 0 aliphatic heterocycles. The van der Waals surface area contributed by atoms with Gasteiger partial charge in [0.1, 0.15) is 5.76 Å². The first-order chi connectivity index (χ1) is 10.7. The summed E-state index contributed by atoms with van der Waals surface area (Å²) in [7, 11) is 3.43. The van der Waals surface area contributed by atoms with Gasteiger partial charge in [-0.3, -0.25) is 4.99 Å². The summed E-state index contributed by atoms with van der Waals surface area (Å²) < 4.78 is 15.5. The van der Waals surface area contributed by atoms with Gasteiger partial charge in [0.15, 0.2) is 5.96 Å². The average Bonchev–Trinajstić information content (AvgIpc) is 2.84. The topological polar surface area (TPSA) is 80.9 Å². The van der Waals surface area contributed by atoms with Gasteiger partial charge >= 0.3 is 0 Å². The molecule has 126 valence electrons. The number of hydrogen-bond acceptors (Lipinski definition) is 5. The van der Waals surface area contributed by atoms with E-state index in [9.17, 15) is 0 Å². The number of methoxy groups -OCH3 is 1. The predicted molar refractivity (Wildman–Crippen MR) is 86.4 cm³/mol. The van der Waals surface area contributed by atoms with Crippen LogP contribution in [0.15, 0.2) is 9.52 Å². The lowest BCUT2D eigenvalue weighted by Gasteiger charge is -2.11. The summed E-state index contributed by atoms with van der Waals surface area (Å²) in [6.45, 7) is 7.49. The van der Waals surface area contributed by atoms with Gasteiger partial charge in [0.25, 0.3) is 0 Å². The summed E-state index contributed by atoms with van der Waals surface area (Å²) >= 11 is 0. The Morgan fingerprint density at radius 2 is 1.95 bits per heavy atom. The fourth-order valence-electron chi connectivity index (χ4n) is 2.01. The molecule has 0 aromatic carbocycles. The molecule has 0 aliphatic carbocycles. The standard InChI is InChI=1S/C15H28N4O3/c1-12-14(13(2)22-19-12)6-8-18-15(16-3)17-7-5-9-21-11-10-20-4/h5-11H2,1-4H3,(H2,16,17,18). The van der Waals surface area contributed by atoms with Crippen molar-refractivity contribution in [2.75, 3.05) is 47.1 Å². The van der Waals surface area contributed by atoms with Gasteiger partial charge < -0.3 is 24.6 Å². The van der Waals surface area contributed by atoms with Crippen LogP contribution in [0.2, 0.25) is 0 Å². The quantitative estimate of drug-likeness (QED) is 0.382. The third kappa shape index (κ3) is 6.91. The molecular weight excluding hydrogens is 284 g/mol. The zero-order chi connectivity index (χ0) is 16.2. The minimum absolute atomic E-state index is 0.637. The first-order valence-electron chi connectivity index (χ1n) is 7.62. The molecule has 22 heavy (non-hydrogen) atoms. The highest BCUT2D eigenvalue weighted by atomic mass is 16.5. The monoisotopic (exact) mass is 312 g/mol. The smallest absolute Gasteiger partial charge is 0.190 e. The van der Waals surface area contributed by atoms with Crippen molar-refractivity contribution in [2.24, 2.45) is 4.99 Å². The van der Waals surface area contributed by atoms with Gasteiger partial charge in [0.05, 0.1) is 18.9 Å². The van der Waals surface area contributed by atoms with E-state index < -0.39 is 0 Å². The van der Waals surface area contributed by atoms with Crippen molar-refractivity contribution in [1.82, 2.24) is 15.8 Å². The lowest BCUT2D eigenvalue weighted by atomic mass is 10.1. The van der Waals surface area contributed by atoms with Crippen LogP contribution in [0.3, 0.4) is 0 Å². The van der Waals surface area contributed by atoms with E-state index in [-0.39, 0.29) is 0 Å². The molecule has 0 fully saturated rings. The van der Waals surface area contributed by atoms with E-state index in [1.165, 1.54) is 0 Å². The van der Waals surface area contributed by atoms with E-state index in [0.717, 1.165) is 48.9 Å². The molecule has 0 saturated heterocycles. The van der Waals surface area contributed by atoms with Crippen molar-refractivity contribution in [1.29, 1.82) is 0 Å². The normalized spacial score (nSPS) is 11.7. The number of hydrogen-bond donors (Lipinski definition) is 2. The fourth-order valence-corrected chi connectivity index (χ4v) is 2.01. The van der Waals surface area contributed by atoms with E-state index in [1.807, 2.05) is 13.8 Å². The second-order valence-corrected chi connectivity index (χ2v) is 4.94. The predicted octanol–water partition coefficient (Wildman–Crippen LogP) is 1.05. The van der Waals surface area contributed by atoms with Crippen LogP contribution in [-0.2, 0) is 15.9 Å². The van der Waals surface area contributed by atoms with Crippen molar-refractivity contribution >= 4 is 5.96 Å². The molecule has 7 heteroatoms. The Morgan fingerprint density at radius 1 is 1.18 bits per heavy atom. The summed E-state index contributed by atoms with van der Waals surface area (Å²) in [5, 5.41) is 10.5. The first kappa shape index (κ1) is 18.4. The second-order valence-electron chi connectivity index (χ2n) is 4.94. The van der Waals surface area contributed by atoms with Crippen molar-refractivity contribution in [3.63, 3.8) is 0 Å². The highest BCUT2D eigenvalue weighted by Crippen LogP contribution is 2.11. The van der Waals surface area contributed by atoms with Gasteiger partial charge in [-0.25, -0.2) is 0 Å². The number of nitrogens with zero attached hydrogens (tertiary/aromatic N) is 2. The number of aromatic nitrogens is 1. The van der Waals surface area contributed by atoms with E-state index in [4.69, 9.17) is 14.0 Å². The third-order valence-corrected chi connectivity index (χ3v) is 3.26. The molecule has 1 aromatic heterocycles. The van der Waals surface area contributed by atoms with Crippen molar-refractivity contribution < 1.29 is 14.0 Å². The van der Waals surface area contributed by atoms with Gasteiger partial charge in [0, 0.05) is 39.4 Å². The van der Waals surface area contributed by atoms with Crippen LogP contribution in [0, 0.1) is 13.8 Å². The molecule has 1 rings (SSSR count). The minimum Gasteiger partial charge on any atom is -0.382 e. The number of rotatable bonds is 10. The van der Waals surface area contributed by atoms with Crippen LogP contribution < -0.4 is 10.6 Å². The fraction of sp³-hybridized carbons (Fsp3) is 0.733. The van der Waals surface area contributed by atoms with Gasteiger partial charge in [0.2, 0.25) is 0 Å². The van der Waals surface area contributed by atoms with Crippen LogP contribution in [-0.4, -0.2) is 58.2 Å². The Labute approximate surface area is 132 Å². The molecule has 1 aromatic rings. The maximum Gasteiger partial charge on any atom is 0.190 e. The summed E-state index contributed by atoms with van der Waals surface area (Å²) in [5.74, 6) is 1.68. The maximum atomic E-state index is 5.40. The van der Waals surface area contributed by atoms with Crippen molar-refractivity contribution in [3.05, 3.63) is 17.0 Å². The molecule has 1 heterocycles. The summed E-state index contributed by atoms with van der Waals surface area (Å²) in [6.07, 6.45) is 1.79. The van der Waals surface area contributed by atoms with Gasteiger partial charge in [-0.1, -0.05) is 5.16 Å². The Balaban J connectivity index is 2.13. The lowest BCUT2D eigenvalue weighted by Crippen LogP contribution is -2.39. The lowest BCUT2D eigenvalue weighted by molar-refractivity contribution is 0.0698. The van der Waals surface area contributed by atoms with Gasteiger partial charge in [-0.2, -0.15) is 0 Å². The maximum absolute atomic E-state index is 5.40. The van der Waals surface area contributed by atoms with E-state index in [0.29, 0.717) is 19.8 Å². The highest BCUT2D eigenvalue weighted by Gasteiger charge is 2.08. The van der Waals surface area contributed by atoms with E-state index in [1.54, 1.807) is 14.2 Å². The zero-order valence-corrected chi connectivity index (χ0v) is 14.1. The summed E-state index contributed by atoms with van der Waals surface area (Å²) in [5.41, 5.74) is 2.12. The summed E-state index contributed by atoms with van der Waals surface area (Å²) in [6, 6.07) is 0. The number of nitrogens with one attached hydrogen (secondary N) is 2. The van der Waals surface area contributed by atoms with Crippen LogP contribution in [0.25, 0.3) is 0 Å². The van der Waals surface area contributed by atoms with E-state index in [2.05, 4.69) is 20.8 Å². The highest BCUT2D eigenvalue weighted by molar-refractivity contribution is 5.79. The first-order valence-corrected chi connectivity index (χ1v) is 7.62. The van der Waals surface area contributed by atoms with Crippen LogP contribution in [0.1, 0.15) is 23.4 Å². The number of aryl methyl sites for hydroxylation is 2. The molecule has 7 nitrogen and oxygen atoms in total. The number of aliphatic imine (C=N–C) groups is 1. The Bertz CT molecular complexity index is 426. The molecule has 0 bridgehead atoms. The molecule has 2 N–H and O–H groups in total. The average molecular weight is 312 g/mol. The molecule has 0 atom stereocenters. The van der Waals surface area contributed by atoms with Crippen LogP contribution in [0.4, 0.5) is 0 Å². The molecule has 0 amide bonds. The Hall–Kier alpha value is -1.60. The Kier molecular flexibility index (Phi) is 9.25. The molecule has 0 radical (unpaired) electrons. The molecule has 0 spiro atoms. The van der Waals surface area contributed by atoms with Gasteiger partial charge in [-0.15, -0.1) is 0 Å². The largest absolute Gasteiger partial charge is 0.382 e. The SMILES string of the molecule is CN=C(NCCCOCCOC)NCCc1c(C)noc1C. The van der Waals surface area contributed by atoms with Crippen LogP contribution >= 0.6 is 0 Å². The third-order valence-electron chi connectivity index (χ3n) is 3.26. The number of ether oxygens (including phenoxy) is 2. The molecule has 0 aliphatic rings.